The minimum atomic E-state index is -0.787. The molecule has 0 unspecified atom stereocenters. The van der Waals surface area contributed by atoms with E-state index in [1.807, 2.05) is 0 Å². The van der Waals surface area contributed by atoms with Gasteiger partial charge in [-0.1, -0.05) is 6.42 Å². The number of aromatic nitrogens is 3. The minimum Gasteiger partial charge on any atom is -0.481 e. The first-order chi connectivity index (χ1) is 8.09. The molecule has 1 heterocycles. The highest BCUT2D eigenvalue weighted by atomic mass is 16.4. The second-order valence-electron chi connectivity index (χ2n) is 3.70. The monoisotopic (exact) mass is 240 g/mol. The number of carbonyl (C=O) groups excluding carboxylic acids is 1. The van der Waals surface area contributed by atoms with Gasteiger partial charge in [0.05, 0.1) is 0 Å². The Balaban J connectivity index is 2.11. The Kier molecular flexibility index (Phi) is 5.12. The van der Waals surface area contributed by atoms with Crippen molar-refractivity contribution in [2.24, 2.45) is 0 Å². The van der Waals surface area contributed by atoms with Crippen molar-refractivity contribution in [1.82, 2.24) is 20.5 Å². The highest BCUT2D eigenvalue weighted by Crippen LogP contribution is 1.99. The van der Waals surface area contributed by atoms with E-state index in [1.54, 1.807) is 6.92 Å². The van der Waals surface area contributed by atoms with E-state index in [0.717, 1.165) is 12.8 Å². The number of aliphatic carboxylic acids is 1. The van der Waals surface area contributed by atoms with Crippen molar-refractivity contribution >= 4 is 11.9 Å². The lowest BCUT2D eigenvalue weighted by atomic mass is 10.2. The number of aromatic amines is 1. The Morgan fingerprint density at radius 2 is 2.12 bits per heavy atom. The lowest BCUT2D eigenvalue weighted by Gasteiger charge is -2.01. The number of carboxylic acid groups (broad SMARTS) is 1. The van der Waals surface area contributed by atoms with Gasteiger partial charge in [-0.3, -0.25) is 14.7 Å². The fourth-order valence-corrected chi connectivity index (χ4v) is 1.30. The van der Waals surface area contributed by atoms with Crippen LogP contribution < -0.4 is 5.32 Å². The number of rotatable bonds is 7. The van der Waals surface area contributed by atoms with E-state index in [0.29, 0.717) is 18.8 Å². The summed E-state index contributed by atoms with van der Waals surface area (Å²) in [5, 5.41) is 17.4. The minimum absolute atomic E-state index is 0.132. The maximum Gasteiger partial charge on any atom is 0.303 e. The van der Waals surface area contributed by atoms with E-state index in [-0.39, 0.29) is 18.2 Å². The van der Waals surface area contributed by atoms with E-state index >= 15 is 0 Å². The van der Waals surface area contributed by atoms with Crippen molar-refractivity contribution in [3.63, 3.8) is 0 Å². The topological polar surface area (TPSA) is 108 Å². The molecule has 0 spiro atoms. The van der Waals surface area contributed by atoms with Crippen LogP contribution in [0.1, 0.15) is 42.1 Å². The molecule has 0 aliphatic carbocycles. The molecule has 0 radical (unpaired) electrons. The molecule has 7 nitrogen and oxygen atoms in total. The molecule has 1 rings (SSSR count). The third kappa shape index (κ3) is 5.10. The smallest absolute Gasteiger partial charge is 0.303 e. The Bertz CT molecular complexity index is 389. The Morgan fingerprint density at radius 3 is 2.71 bits per heavy atom. The quantitative estimate of drug-likeness (QED) is 0.601. The Labute approximate surface area is 98.6 Å². The number of aryl methyl sites for hydroxylation is 1. The first-order valence-corrected chi connectivity index (χ1v) is 5.48. The van der Waals surface area contributed by atoms with Crippen molar-refractivity contribution in [1.29, 1.82) is 0 Å². The lowest BCUT2D eigenvalue weighted by molar-refractivity contribution is -0.137. The molecule has 0 saturated carbocycles. The predicted molar refractivity (Wildman–Crippen MR) is 59.6 cm³/mol. The Morgan fingerprint density at radius 1 is 1.35 bits per heavy atom. The van der Waals surface area contributed by atoms with Gasteiger partial charge in [0, 0.05) is 13.0 Å². The summed E-state index contributed by atoms with van der Waals surface area (Å²) >= 11 is 0. The maximum absolute atomic E-state index is 11.4. The van der Waals surface area contributed by atoms with Gasteiger partial charge < -0.3 is 10.4 Å². The van der Waals surface area contributed by atoms with Crippen LogP contribution in [0.5, 0.6) is 0 Å². The highest BCUT2D eigenvalue weighted by Gasteiger charge is 2.09. The standard InChI is InChI=1S/C10H16N4O3/c1-7-12-9(14-13-7)10(17)11-6-4-2-3-5-8(15)16/h2-6H2,1H3,(H,11,17)(H,15,16)(H,12,13,14). The zero-order valence-corrected chi connectivity index (χ0v) is 9.69. The molecule has 1 aromatic rings. The maximum atomic E-state index is 11.4. The van der Waals surface area contributed by atoms with E-state index in [4.69, 9.17) is 5.11 Å². The summed E-state index contributed by atoms with van der Waals surface area (Å²) in [5.74, 6) is -0.373. The van der Waals surface area contributed by atoms with Crippen LogP contribution in [0, 0.1) is 6.92 Å². The van der Waals surface area contributed by atoms with Crippen molar-refractivity contribution < 1.29 is 14.7 Å². The molecule has 1 aromatic heterocycles. The molecule has 7 heteroatoms. The van der Waals surface area contributed by atoms with Crippen LogP contribution in [0.2, 0.25) is 0 Å². The molecule has 0 bridgehead atoms. The molecule has 1 amide bonds. The van der Waals surface area contributed by atoms with Gasteiger partial charge in [0.1, 0.15) is 5.82 Å². The summed E-state index contributed by atoms with van der Waals surface area (Å²) in [4.78, 5) is 25.6. The molecule has 0 aliphatic heterocycles. The molecule has 0 fully saturated rings. The third-order valence-corrected chi connectivity index (χ3v) is 2.15. The van der Waals surface area contributed by atoms with Crippen molar-refractivity contribution in [2.45, 2.75) is 32.6 Å². The number of hydrogen-bond acceptors (Lipinski definition) is 4. The second kappa shape index (κ2) is 6.62. The number of carbonyl (C=O) groups is 2. The SMILES string of the molecule is Cc1nc(C(=O)NCCCCCC(=O)O)n[nH]1. The van der Waals surface area contributed by atoms with Crippen LogP contribution in [-0.4, -0.2) is 38.7 Å². The van der Waals surface area contributed by atoms with E-state index in [9.17, 15) is 9.59 Å². The summed E-state index contributed by atoms with van der Waals surface area (Å²) in [6, 6.07) is 0. The van der Waals surface area contributed by atoms with Crippen molar-refractivity contribution in [2.75, 3.05) is 6.54 Å². The summed E-state index contributed by atoms with van der Waals surface area (Å²) in [6.45, 7) is 2.22. The van der Waals surface area contributed by atoms with Crippen LogP contribution in [0.4, 0.5) is 0 Å². The number of carboxylic acids is 1. The average Bonchev–Trinajstić information content (AvgIpc) is 2.69. The van der Waals surface area contributed by atoms with Gasteiger partial charge in [0.25, 0.3) is 5.91 Å². The number of nitrogens with zero attached hydrogens (tertiary/aromatic N) is 2. The predicted octanol–water partition coefficient (Wildman–Crippen LogP) is 0.488. The van der Waals surface area contributed by atoms with Gasteiger partial charge in [-0.2, -0.15) is 0 Å². The first-order valence-electron chi connectivity index (χ1n) is 5.48. The van der Waals surface area contributed by atoms with Gasteiger partial charge in [0.15, 0.2) is 0 Å². The van der Waals surface area contributed by atoms with Gasteiger partial charge in [-0.05, 0) is 19.8 Å². The van der Waals surface area contributed by atoms with Crippen molar-refractivity contribution in [3.8, 4) is 0 Å². The van der Waals surface area contributed by atoms with E-state index in [2.05, 4.69) is 20.5 Å². The number of unbranched alkanes of at least 4 members (excludes halogenated alkanes) is 2. The van der Waals surface area contributed by atoms with Gasteiger partial charge in [-0.15, -0.1) is 5.10 Å². The highest BCUT2D eigenvalue weighted by molar-refractivity contribution is 5.90. The molecule has 0 aromatic carbocycles. The number of H-pyrrole nitrogens is 1. The third-order valence-electron chi connectivity index (χ3n) is 2.15. The van der Waals surface area contributed by atoms with Gasteiger partial charge in [0.2, 0.25) is 5.82 Å². The molecule has 17 heavy (non-hydrogen) atoms. The van der Waals surface area contributed by atoms with Crippen LogP contribution in [-0.2, 0) is 4.79 Å². The summed E-state index contributed by atoms with van der Waals surface area (Å²) in [5.41, 5.74) is 0. The molecule has 0 aliphatic rings. The number of nitrogens with one attached hydrogen (secondary N) is 2. The molecular weight excluding hydrogens is 224 g/mol. The first kappa shape index (κ1) is 13.1. The molecule has 94 valence electrons. The molecular formula is C10H16N4O3. The molecule has 0 atom stereocenters. The fourth-order valence-electron chi connectivity index (χ4n) is 1.30. The van der Waals surface area contributed by atoms with Crippen LogP contribution in [0.3, 0.4) is 0 Å². The van der Waals surface area contributed by atoms with Gasteiger partial charge >= 0.3 is 5.97 Å². The van der Waals surface area contributed by atoms with Crippen LogP contribution in [0.25, 0.3) is 0 Å². The zero-order valence-electron chi connectivity index (χ0n) is 9.69. The molecule has 0 saturated heterocycles. The van der Waals surface area contributed by atoms with Crippen molar-refractivity contribution in [3.05, 3.63) is 11.6 Å². The Hall–Kier alpha value is -1.92. The lowest BCUT2D eigenvalue weighted by Crippen LogP contribution is -2.25. The summed E-state index contributed by atoms with van der Waals surface area (Å²) < 4.78 is 0. The van der Waals surface area contributed by atoms with E-state index < -0.39 is 5.97 Å². The average molecular weight is 240 g/mol. The normalized spacial score (nSPS) is 10.2. The zero-order chi connectivity index (χ0) is 12.7. The second-order valence-corrected chi connectivity index (χ2v) is 3.70. The number of amides is 1. The van der Waals surface area contributed by atoms with Crippen LogP contribution in [0.15, 0.2) is 0 Å². The molecule has 3 N–H and O–H groups in total. The number of hydrogen-bond donors (Lipinski definition) is 3. The summed E-state index contributed by atoms with van der Waals surface area (Å²) in [6.07, 6.45) is 2.33. The van der Waals surface area contributed by atoms with E-state index in [1.165, 1.54) is 0 Å². The fraction of sp³-hybridized carbons (Fsp3) is 0.600. The van der Waals surface area contributed by atoms with Gasteiger partial charge in [-0.25, -0.2) is 4.98 Å². The van der Waals surface area contributed by atoms with Crippen LogP contribution >= 0.6 is 0 Å². The largest absolute Gasteiger partial charge is 0.481 e. The summed E-state index contributed by atoms with van der Waals surface area (Å²) in [7, 11) is 0.